The highest BCUT2D eigenvalue weighted by Crippen LogP contribution is 2.48. The van der Waals surface area contributed by atoms with Gasteiger partial charge in [0.1, 0.15) is 0 Å². The number of anilines is 1. The first-order chi connectivity index (χ1) is 9.44. The van der Waals surface area contributed by atoms with Crippen LogP contribution >= 0.6 is 0 Å². The molecule has 0 saturated heterocycles. The summed E-state index contributed by atoms with van der Waals surface area (Å²) >= 11 is 0. The van der Waals surface area contributed by atoms with E-state index in [9.17, 15) is 14.7 Å². The van der Waals surface area contributed by atoms with E-state index in [4.69, 9.17) is 0 Å². The minimum absolute atomic E-state index is 0.00539. The highest BCUT2D eigenvalue weighted by molar-refractivity contribution is 5.91. The van der Waals surface area contributed by atoms with Gasteiger partial charge in [-0.05, 0) is 42.9 Å². The van der Waals surface area contributed by atoms with Crippen molar-refractivity contribution in [2.75, 3.05) is 5.32 Å². The summed E-state index contributed by atoms with van der Waals surface area (Å²) < 4.78 is 0. The van der Waals surface area contributed by atoms with Gasteiger partial charge in [-0.15, -0.1) is 0 Å². The summed E-state index contributed by atoms with van der Waals surface area (Å²) in [6.45, 7) is 4.17. The van der Waals surface area contributed by atoms with E-state index in [1.807, 2.05) is 0 Å². The van der Waals surface area contributed by atoms with Gasteiger partial charge in [0.05, 0.1) is 5.41 Å². The smallest absolute Gasteiger partial charge is 0.314 e. The lowest BCUT2D eigenvalue weighted by Gasteiger charge is -2.11. The Labute approximate surface area is 119 Å². The van der Waals surface area contributed by atoms with Crippen LogP contribution in [-0.4, -0.2) is 17.0 Å². The van der Waals surface area contributed by atoms with Crippen LogP contribution in [0, 0.1) is 5.92 Å². The number of nitrogens with one attached hydrogen (secondary N) is 1. The van der Waals surface area contributed by atoms with Crippen molar-refractivity contribution in [1.82, 2.24) is 0 Å². The van der Waals surface area contributed by atoms with Gasteiger partial charge in [-0.1, -0.05) is 26.0 Å². The highest BCUT2D eigenvalue weighted by Gasteiger charge is 2.51. The van der Waals surface area contributed by atoms with Gasteiger partial charge in [-0.2, -0.15) is 0 Å². The SMILES string of the molecule is CC(C)CCC(=O)Nc1ccc(C2(C(=O)O)CC2)cc1. The molecule has 1 aromatic rings. The van der Waals surface area contributed by atoms with E-state index >= 15 is 0 Å². The van der Waals surface area contributed by atoms with Gasteiger partial charge in [-0.25, -0.2) is 0 Å². The fraction of sp³-hybridized carbons (Fsp3) is 0.500. The molecular formula is C16H21NO3. The van der Waals surface area contributed by atoms with Crippen molar-refractivity contribution < 1.29 is 14.7 Å². The van der Waals surface area contributed by atoms with Gasteiger partial charge in [-0.3, -0.25) is 9.59 Å². The van der Waals surface area contributed by atoms with Crippen LogP contribution in [0.25, 0.3) is 0 Å². The maximum Gasteiger partial charge on any atom is 0.314 e. The largest absolute Gasteiger partial charge is 0.481 e. The standard InChI is InChI=1S/C16H21NO3/c1-11(2)3-8-14(18)17-13-6-4-12(5-7-13)16(9-10-16)15(19)20/h4-7,11H,3,8-10H2,1-2H3,(H,17,18)(H,19,20). The van der Waals surface area contributed by atoms with Crippen LogP contribution in [0.3, 0.4) is 0 Å². The number of carboxylic acids is 1. The molecule has 1 amide bonds. The molecule has 2 N–H and O–H groups in total. The topological polar surface area (TPSA) is 66.4 Å². The zero-order valence-electron chi connectivity index (χ0n) is 12.0. The Balaban J connectivity index is 1.95. The molecule has 0 unspecified atom stereocenters. The van der Waals surface area contributed by atoms with E-state index in [-0.39, 0.29) is 5.91 Å². The molecule has 4 heteroatoms. The van der Waals surface area contributed by atoms with Crippen molar-refractivity contribution in [3.05, 3.63) is 29.8 Å². The number of carbonyl (C=O) groups excluding carboxylic acids is 1. The second-order valence-corrected chi connectivity index (χ2v) is 5.95. The Bertz CT molecular complexity index is 501. The molecule has 1 aliphatic carbocycles. The van der Waals surface area contributed by atoms with Crippen LogP contribution in [0.2, 0.25) is 0 Å². The van der Waals surface area contributed by atoms with Gasteiger partial charge in [0, 0.05) is 12.1 Å². The molecule has 20 heavy (non-hydrogen) atoms. The molecule has 1 aliphatic rings. The van der Waals surface area contributed by atoms with Crippen LogP contribution in [0.1, 0.15) is 45.1 Å². The minimum Gasteiger partial charge on any atom is -0.481 e. The third-order valence-corrected chi connectivity index (χ3v) is 3.83. The monoisotopic (exact) mass is 275 g/mol. The number of hydrogen-bond donors (Lipinski definition) is 2. The minimum atomic E-state index is -0.758. The van der Waals surface area contributed by atoms with E-state index in [0.717, 1.165) is 17.7 Å². The molecule has 4 nitrogen and oxygen atoms in total. The Hall–Kier alpha value is -1.84. The van der Waals surface area contributed by atoms with E-state index in [1.54, 1.807) is 24.3 Å². The van der Waals surface area contributed by atoms with Gasteiger partial charge >= 0.3 is 5.97 Å². The average Bonchev–Trinajstić information content (AvgIpc) is 3.19. The lowest BCUT2D eigenvalue weighted by Crippen LogP contribution is -2.19. The molecule has 0 spiro atoms. The number of carbonyl (C=O) groups is 2. The average molecular weight is 275 g/mol. The molecule has 0 heterocycles. The predicted molar refractivity (Wildman–Crippen MR) is 77.7 cm³/mol. The van der Waals surface area contributed by atoms with E-state index in [0.29, 0.717) is 25.2 Å². The molecule has 0 aromatic heterocycles. The number of carboxylic acid groups (broad SMARTS) is 1. The van der Waals surface area contributed by atoms with Crippen molar-refractivity contribution in [3.8, 4) is 0 Å². The second-order valence-electron chi connectivity index (χ2n) is 5.95. The molecule has 108 valence electrons. The van der Waals surface area contributed by atoms with Gasteiger partial charge in [0.2, 0.25) is 5.91 Å². The second kappa shape index (κ2) is 5.65. The van der Waals surface area contributed by atoms with E-state index in [2.05, 4.69) is 19.2 Å². The van der Waals surface area contributed by atoms with Crippen molar-refractivity contribution in [1.29, 1.82) is 0 Å². The summed E-state index contributed by atoms with van der Waals surface area (Å²) in [7, 11) is 0. The Morgan fingerprint density at radius 2 is 1.85 bits per heavy atom. The highest BCUT2D eigenvalue weighted by atomic mass is 16.4. The first-order valence-corrected chi connectivity index (χ1v) is 7.08. The number of benzene rings is 1. The quantitative estimate of drug-likeness (QED) is 0.838. The van der Waals surface area contributed by atoms with Gasteiger partial charge < -0.3 is 10.4 Å². The van der Waals surface area contributed by atoms with Gasteiger partial charge in [0.15, 0.2) is 0 Å². The van der Waals surface area contributed by atoms with Crippen LogP contribution in [0.15, 0.2) is 24.3 Å². The summed E-state index contributed by atoms with van der Waals surface area (Å²) in [5.41, 5.74) is 0.870. The summed E-state index contributed by atoms with van der Waals surface area (Å²) in [6, 6.07) is 7.18. The third-order valence-electron chi connectivity index (χ3n) is 3.83. The van der Waals surface area contributed by atoms with E-state index < -0.39 is 11.4 Å². The fourth-order valence-electron chi connectivity index (χ4n) is 2.27. The molecule has 0 aliphatic heterocycles. The number of aliphatic carboxylic acids is 1. The van der Waals surface area contributed by atoms with Crippen LogP contribution < -0.4 is 5.32 Å². The summed E-state index contributed by atoms with van der Waals surface area (Å²) in [4.78, 5) is 22.9. The summed E-state index contributed by atoms with van der Waals surface area (Å²) in [6.07, 6.45) is 2.77. The third kappa shape index (κ3) is 3.18. The molecule has 0 atom stereocenters. The molecular weight excluding hydrogens is 254 g/mol. The lowest BCUT2D eigenvalue weighted by molar-refractivity contribution is -0.140. The van der Waals surface area contributed by atoms with Crippen molar-refractivity contribution in [2.45, 2.75) is 44.9 Å². The molecule has 1 aromatic carbocycles. The fourth-order valence-corrected chi connectivity index (χ4v) is 2.27. The number of hydrogen-bond acceptors (Lipinski definition) is 2. The first kappa shape index (κ1) is 14.6. The predicted octanol–water partition coefficient (Wildman–Crippen LogP) is 3.18. The van der Waals surface area contributed by atoms with Crippen LogP contribution in [0.5, 0.6) is 0 Å². The summed E-state index contributed by atoms with van der Waals surface area (Å²) in [5.74, 6) is -0.245. The van der Waals surface area contributed by atoms with Crippen molar-refractivity contribution in [3.63, 3.8) is 0 Å². The number of rotatable bonds is 6. The molecule has 0 radical (unpaired) electrons. The zero-order valence-corrected chi connectivity index (χ0v) is 12.0. The molecule has 2 rings (SSSR count). The normalized spacial score (nSPS) is 15.9. The zero-order chi connectivity index (χ0) is 14.8. The molecule has 1 saturated carbocycles. The van der Waals surface area contributed by atoms with Gasteiger partial charge in [0.25, 0.3) is 0 Å². The Morgan fingerprint density at radius 3 is 2.30 bits per heavy atom. The first-order valence-electron chi connectivity index (χ1n) is 7.08. The Kier molecular flexibility index (Phi) is 4.12. The van der Waals surface area contributed by atoms with Crippen LogP contribution in [0.4, 0.5) is 5.69 Å². The van der Waals surface area contributed by atoms with E-state index in [1.165, 1.54) is 0 Å². The maximum absolute atomic E-state index is 11.7. The summed E-state index contributed by atoms with van der Waals surface area (Å²) in [5, 5.41) is 12.1. The molecule has 1 fully saturated rings. The van der Waals surface area contributed by atoms with Crippen molar-refractivity contribution >= 4 is 17.6 Å². The maximum atomic E-state index is 11.7. The lowest BCUT2D eigenvalue weighted by atomic mass is 9.96. The van der Waals surface area contributed by atoms with Crippen molar-refractivity contribution in [2.24, 2.45) is 5.92 Å². The van der Waals surface area contributed by atoms with Crippen LogP contribution in [-0.2, 0) is 15.0 Å². The number of amides is 1. The molecule has 0 bridgehead atoms. The Morgan fingerprint density at radius 1 is 1.25 bits per heavy atom.